The van der Waals surface area contributed by atoms with Gasteiger partial charge in [0, 0.05) is 128 Å². The average molecular weight is 1520 g/mol. The Bertz CT molecular complexity index is 3050. The number of hydrogen-bond donors (Lipinski definition) is 4. The summed E-state index contributed by atoms with van der Waals surface area (Å²) in [6, 6.07) is 0.527. The molecule has 616 valence electrons. The molecule has 28 heteroatoms. The molecule has 0 saturated heterocycles. The maximum atomic E-state index is 13.0. The number of unbranched alkanes of at least 4 members (excludes halogenated alkanes) is 6. The van der Waals surface area contributed by atoms with Gasteiger partial charge in [-0.1, -0.05) is 156 Å². The number of carbonyl (C=O) groups excluding carboxylic acids is 4. The summed E-state index contributed by atoms with van der Waals surface area (Å²) in [5.74, 6) is 1.89. The Morgan fingerprint density at radius 3 is 0.935 bits per heavy atom. The summed E-state index contributed by atoms with van der Waals surface area (Å²) in [5.41, 5.74) is 23.4. The van der Waals surface area contributed by atoms with E-state index in [-0.39, 0.29) is 30.4 Å². The van der Waals surface area contributed by atoms with Crippen LogP contribution in [0.4, 0.5) is 19.2 Å². The van der Waals surface area contributed by atoms with Gasteiger partial charge in [-0.2, -0.15) is 0 Å². The molecule has 4 fully saturated rings. The van der Waals surface area contributed by atoms with Crippen LogP contribution in [0.3, 0.4) is 0 Å². The molecule has 28 nitrogen and oxygen atoms in total. The van der Waals surface area contributed by atoms with E-state index in [0.717, 1.165) is 138 Å². The molecule has 0 unspecified atom stereocenters. The minimum Gasteiger partial charge on any atom is -0.444 e. The molecule has 4 aromatic rings. The van der Waals surface area contributed by atoms with Gasteiger partial charge in [0.2, 0.25) is 0 Å². The summed E-state index contributed by atoms with van der Waals surface area (Å²) in [4.78, 5) is 58.6. The molecule has 0 radical (unpaired) electrons. The van der Waals surface area contributed by atoms with Crippen molar-refractivity contribution in [3.05, 3.63) is 47.6 Å². The van der Waals surface area contributed by atoms with Gasteiger partial charge in [-0.25, -0.2) is 19.2 Å². The summed E-state index contributed by atoms with van der Waals surface area (Å²) >= 11 is 0. The molecule has 4 heterocycles. The molecule has 108 heavy (non-hydrogen) atoms. The zero-order valence-corrected chi connectivity index (χ0v) is 69.3. The van der Waals surface area contributed by atoms with Crippen LogP contribution >= 0.6 is 0 Å². The van der Waals surface area contributed by atoms with Crippen molar-refractivity contribution in [1.82, 2.24) is 79.6 Å². The number of aryl methyl sites for hydroxylation is 4. The highest BCUT2D eigenvalue weighted by molar-refractivity contribution is 5.70. The molecule has 4 aliphatic rings. The number of nitrogens with two attached hydrogens (primary N) is 4. The van der Waals surface area contributed by atoms with Crippen molar-refractivity contribution in [3.63, 3.8) is 0 Å². The highest BCUT2D eigenvalue weighted by Crippen LogP contribution is 2.31. The average Bonchev–Trinajstić information content (AvgIpc) is 1.31. The van der Waals surface area contributed by atoms with Gasteiger partial charge < -0.3 is 61.5 Å². The van der Waals surface area contributed by atoms with E-state index >= 15 is 0 Å². The van der Waals surface area contributed by atoms with Crippen LogP contribution in [-0.2, 0) is 71.3 Å². The van der Waals surface area contributed by atoms with Crippen LogP contribution in [0, 0.1) is 11.8 Å². The minimum absolute atomic E-state index is 0.159. The van der Waals surface area contributed by atoms with Crippen molar-refractivity contribution in [2.45, 2.75) is 388 Å². The van der Waals surface area contributed by atoms with Gasteiger partial charge in [-0.05, 0) is 178 Å². The van der Waals surface area contributed by atoms with E-state index in [1.54, 1.807) is 14.3 Å². The van der Waals surface area contributed by atoms with Crippen LogP contribution in [0.5, 0.6) is 0 Å². The first kappa shape index (κ1) is 92.1. The molecule has 8 N–H and O–H groups in total. The number of carbonyl (C=O) groups is 4. The molecule has 4 aromatic heterocycles. The second kappa shape index (κ2) is 49.7. The standard InChI is InChI=1S/C25H46N6O4.C20H37N5O2.C19H35N5O2.C16H30N4/c1-24(2,3)34-22(32)29(14-10-16-30-19-20(18-26)27-28-30)15-11-17-31(21-12-8-7-9-13-21)23(33)35-25(4,5)6;1-20(2,3)27-19(26)24(12-7-11-17-9-5-4-6-10-17)13-8-14-25-16-18(15-21)22-23-25;1-19(2,3)26-18(25)24(17-10-6-4-7-11-17)13-9-5-8-12-23-15-16(14-20)21-22-23;17-13-16-14-20(19-18-16)12-8-3-1-2-5-9-15-10-6-4-7-11-15/h19,21H,7-18,26H2,1-6H3;16-17H,4-15,21H2,1-3H3;15,17H,4-14,20H2,1-3H3;14-15H,1-13,17H2. The number of aromatic nitrogens is 12. The number of ether oxygens (including phenoxy) is 4. The van der Waals surface area contributed by atoms with E-state index in [0.29, 0.717) is 77.8 Å². The third-order valence-corrected chi connectivity index (χ3v) is 20.0. The lowest BCUT2D eigenvalue weighted by molar-refractivity contribution is 0.00920. The zero-order valence-electron chi connectivity index (χ0n) is 69.3. The summed E-state index contributed by atoms with van der Waals surface area (Å²) in [6.07, 6.45) is 47.8. The van der Waals surface area contributed by atoms with Crippen LogP contribution < -0.4 is 22.9 Å². The predicted molar refractivity (Wildman–Crippen MR) is 425 cm³/mol. The first-order valence-corrected chi connectivity index (χ1v) is 41.8. The first-order valence-electron chi connectivity index (χ1n) is 41.8. The quantitative estimate of drug-likeness (QED) is 0.0243. The normalized spacial score (nSPS) is 15.7. The molecule has 0 spiro atoms. The van der Waals surface area contributed by atoms with E-state index in [1.807, 2.05) is 132 Å². The van der Waals surface area contributed by atoms with E-state index in [2.05, 4.69) is 41.2 Å². The molecule has 0 atom stereocenters. The predicted octanol–water partition coefficient (Wildman–Crippen LogP) is 15.2. The second-order valence-corrected chi connectivity index (χ2v) is 34.4. The van der Waals surface area contributed by atoms with Crippen LogP contribution in [0.15, 0.2) is 24.8 Å². The zero-order chi connectivity index (χ0) is 78.8. The third-order valence-electron chi connectivity index (χ3n) is 20.0. The van der Waals surface area contributed by atoms with Gasteiger partial charge in [-0.3, -0.25) is 18.7 Å². The second-order valence-electron chi connectivity index (χ2n) is 34.4. The molecular formula is C80H148N20O8. The fourth-order valence-electron chi connectivity index (χ4n) is 14.5. The van der Waals surface area contributed by atoms with Gasteiger partial charge in [0.1, 0.15) is 22.4 Å². The number of rotatable bonds is 36. The highest BCUT2D eigenvalue weighted by Gasteiger charge is 2.32. The van der Waals surface area contributed by atoms with Crippen molar-refractivity contribution < 1.29 is 38.1 Å². The summed E-state index contributed by atoms with van der Waals surface area (Å²) < 4.78 is 29.9. The Morgan fingerprint density at radius 2 is 0.602 bits per heavy atom. The van der Waals surface area contributed by atoms with Gasteiger partial charge in [0.25, 0.3) is 0 Å². The summed E-state index contributed by atoms with van der Waals surface area (Å²) in [7, 11) is 0. The fraction of sp³-hybridized carbons (Fsp3) is 0.850. The molecule has 0 bridgehead atoms. The minimum atomic E-state index is -0.581. The fourth-order valence-corrected chi connectivity index (χ4v) is 14.5. The molecule has 0 aliphatic heterocycles. The van der Waals surface area contributed by atoms with E-state index in [9.17, 15) is 19.2 Å². The van der Waals surface area contributed by atoms with Crippen LogP contribution in [0.25, 0.3) is 0 Å². The van der Waals surface area contributed by atoms with Gasteiger partial charge in [0.15, 0.2) is 0 Å². The molecule has 0 aromatic carbocycles. The van der Waals surface area contributed by atoms with Crippen LogP contribution in [0.1, 0.15) is 324 Å². The van der Waals surface area contributed by atoms with E-state index in [4.69, 9.17) is 41.9 Å². The SMILES string of the molecule is CC(C)(C)OC(=O)N(CCCC1CCCCC1)CCCn1cc(CN)nn1.CC(C)(C)OC(=O)N(CCCCCn1cc(CN)nn1)C1CCCCC1.CC(C)(C)OC(=O)N(CCCN(C(=O)OC(C)(C)C)C1CCCCC1)CCCn1cc(CN)nn1.NCc1cn(CCCCCCCC2CCCCC2)nn1. The molecular weight excluding hydrogens is 1370 g/mol. The number of nitrogens with zero attached hydrogens (tertiary/aromatic N) is 16. The Balaban J connectivity index is 0.000000263. The van der Waals surface area contributed by atoms with Crippen LogP contribution in [0.2, 0.25) is 0 Å². The first-order chi connectivity index (χ1) is 51.5. The number of amides is 4. The van der Waals surface area contributed by atoms with Gasteiger partial charge in [-0.15, -0.1) is 20.4 Å². The molecule has 4 saturated carbocycles. The lowest BCUT2D eigenvalue weighted by Crippen LogP contribution is -2.46. The van der Waals surface area contributed by atoms with Crippen molar-refractivity contribution in [1.29, 1.82) is 0 Å². The van der Waals surface area contributed by atoms with E-state index in [1.165, 1.54) is 135 Å². The van der Waals surface area contributed by atoms with Crippen LogP contribution in [-0.4, -0.2) is 178 Å². The maximum Gasteiger partial charge on any atom is 0.410 e. The lowest BCUT2D eigenvalue weighted by Gasteiger charge is -2.36. The van der Waals surface area contributed by atoms with Gasteiger partial charge >= 0.3 is 24.4 Å². The summed E-state index contributed by atoms with van der Waals surface area (Å²) in [6.45, 7) is 31.3. The van der Waals surface area contributed by atoms with E-state index < -0.39 is 22.4 Å². The smallest absolute Gasteiger partial charge is 0.410 e. The summed E-state index contributed by atoms with van der Waals surface area (Å²) in [5, 5.41) is 32.3. The Morgan fingerprint density at radius 1 is 0.333 bits per heavy atom. The largest absolute Gasteiger partial charge is 0.444 e. The molecule has 8 rings (SSSR count). The molecule has 4 amide bonds. The Kier molecular flexibility index (Phi) is 42.4. The maximum absolute atomic E-state index is 13.0. The lowest BCUT2D eigenvalue weighted by atomic mass is 9.85. The topological polar surface area (TPSA) is 345 Å². The van der Waals surface area contributed by atoms with Crippen molar-refractivity contribution in [2.24, 2.45) is 34.8 Å². The Labute approximate surface area is 649 Å². The Hall–Kier alpha value is -6.52. The van der Waals surface area contributed by atoms with Gasteiger partial charge in [0.05, 0.1) is 22.8 Å². The monoisotopic (exact) mass is 1520 g/mol. The number of hydrogen-bond acceptors (Lipinski definition) is 20. The molecule has 4 aliphatic carbocycles. The van der Waals surface area contributed by atoms with Crippen molar-refractivity contribution >= 4 is 24.4 Å². The van der Waals surface area contributed by atoms with Crippen molar-refractivity contribution in [2.75, 3.05) is 39.3 Å². The van der Waals surface area contributed by atoms with Crippen molar-refractivity contribution in [3.8, 4) is 0 Å². The highest BCUT2D eigenvalue weighted by atomic mass is 16.6. The third kappa shape index (κ3) is 39.9.